The summed E-state index contributed by atoms with van der Waals surface area (Å²) in [5, 5.41) is 8.41. The monoisotopic (exact) mass is 137 g/mol. The van der Waals surface area contributed by atoms with E-state index in [9.17, 15) is 4.39 Å². The molecule has 0 saturated heterocycles. The molecule has 0 aliphatic heterocycles. The third-order valence-electron chi connectivity index (χ3n) is 1.68. The number of allylic oxidation sites excluding steroid dienone is 4. The molecule has 1 nitrogen and oxygen atoms in total. The molecule has 0 saturated carbocycles. The van der Waals surface area contributed by atoms with Crippen molar-refractivity contribution < 1.29 is 4.39 Å². The molecular weight excluding hydrogens is 129 g/mol. The second kappa shape index (κ2) is 2.26. The highest BCUT2D eigenvalue weighted by Crippen LogP contribution is 2.27. The van der Waals surface area contributed by atoms with Gasteiger partial charge >= 0.3 is 0 Å². The average Bonchev–Trinajstić information content (AvgIpc) is 1.96. The molecular formula is C8H8FN. The van der Waals surface area contributed by atoms with Crippen molar-refractivity contribution in [1.82, 2.24) is 0 Å². The van der Waals surface area contributed by atoms with Crippen molar-refractivity contribution >= 4 is 0 Å². The van der Waals surface area contributed by atoms with Gasteiger partial charge in [0.2, 0.25) is 5.67 Å². The molecule has 0 bridgehead atoms. The van der Waals surface area contributed by atoms with Crippen molar-refractivity contribution in [2.75, 3.05) is 0 Å². The number of hydrogen-bond acceptors (Lipinski definition) is 1. The van der Waals surface area contributed by atoms with E-state index in [-0.39, 0.29) is 5.92 Å². The van der Waals surface area contributed by atoms with Crippen LogP contribution in [0.2, 0.25) is 0 Å². The van der Waals surface area contributed by atoms with Gasteiger partial charge in [0, 0.05) is 5.92 Å². The zero-order valence-electron chi connectivity index (χ0n) is 5.71. The largest absolute Gasteiger partial charge is 0.222 e. The maximum atomic E-state index is 13.2. The normalized spacial score (nSPS) is 37.5. The van der Waals surface area contributed by atoms with E-state index >= 15 is 0 Å². The zero-order chi connectivity index (χ0) is 7.61. The molecule has 10 heavy (non-hydrogen) atoms. The number of nitrogens with zero attached hydrogens (tertiary/aromatic N) is 1. The second-order valence-corrected chi connectivity index (χ2v) is 2.41. The molecule has 0 fully saturated rings. The second-order valence-electron chi connectivity index (χ2n) is 2.41. The van der Waals surface area contributed by atoms with Gasteiger partial charge in [-0.15, -0.1) is 0 Å². The lowest BCUT2D eigenvalue weighted by atomic mass is 9.88. The van der Waals surface area contributed by atoms with Crippen molar-refractivity contribution in [2.45, 2.75) is 12.6 Å². The van der Waals surface area contributed by atoms with Crippen LogP contribution in [0.25, 0.3) is 0 Å². The first-order valence-corrected chi connectivity index (χ1v) is 3.15. The summed E-state index contributed by atoms with van der Waals surface area (Å²) in [5.74, 6) is -0.331. The SMILES string of the molecule is CC1C=CC=CC1(F)C#N. The molecule has 52 valence electrons. The summed E-state index contributed by atoms with van der Waals surface area (Å²) >= 11 is 0. The van der Waals surface area contributed by atoms with E-state index in [0.29, 0.717) is 0 Å². The maximum Gasteiger partial charge on any atom is 0.220 e. The summed E-state index contributed by atoms with van der Waals surface area (Å²) < 4.78 is 13.2. The Bertz CT molecular complexity index is 224. The first-order valence-electron chi connectivity index (χ1n) is 3.15. The van der Waals surface area contributed by atoms with Gasteiger partial charge < -0.3 is 0 Å². The van der Waals surface area contributed by atoms with Gasteiger partial charge in [0.25, 0.3) is 0 Å². The van der Waals surface area contributed by atoms with Crippen molar-refractivity contribution in [2.24, 2.45) is 5.92 Å². The minimum Gasteiger partial charge on any atom is -0.222 e. The molecule has 0 spiro atoms. The Morgan fingerprint density at radius 3 is 2.70 bits per heavy atom. The third-order valence-corrected chi connectivity index (χ3v) is 1.68. The quantitative estimate of drug-likeness (QED) is 0.500. The summed E-state index contributed by atoms with van der Waals surface area (Å²) in [6.45, 7) is 1.68. The van der Waals surface area contributed by atoms with Gasteiger partial charge in [-0.05, 0) is 6.08 Å². The van der Waals surface area contributed by atoms with Crippen LogP contribution in [-0.2, 0) is 0 Å². The average molecular weight is 137 g/mol. The third kappa shape index (κ3) is 0.950. The van der Waals surface area contributed by atoms with Crippen LogP contribution in [0.1, 0.15) is 6.92 Å². The fourth-order valence-electron chi connectivity index (χ4n) is 0.857. The topological polar surface area (TPSA) is 23.8 Å². The molecule has 0 amide bonds. The van der Waals surface area contributed by atoms with Crippen LogP contribution < -0.4 is 0 Å². The van der Waals surface area contributed by atoms with Crippen LogP contribution in [0.3, 0.4) is 0 Å². The predicted molar refractivity (Wildman–Crippen MR) is 36.9 cm³/mol. The fraction of sp³-hybridized carbons (Fsp3) is 0.375. The lowest BCUT2D eigenvalue weighted by molar-refractivity contribution is 0.246. The number of rotatable bonds is 0. The minimum atomic E-state index is -1.78. The van der Waals surface area contributed by atoms with E-state index < -0.39 is 5.67 Å². The Morgan fingerprint density at radius 1 is 1.60 bits per heavy atom. The maximum absolute atomic E-state index is 13.2. The Hall–Kier alpha value is -1.10. The Morgan fingerprint density at radius 2 is 2.30 bits per heavy atom. The summed E-state index contributed by atoms with van der Waals surface area (Å²) in [5.41, 5.74) is -1.78. The lowest BCUT2D eigenvalue weighted by Crippen LogP contribution is -2.26. The molecule has 2 atom stereocenters. The molecule has 1 rings (SSSR count). The lowest BCUT2D eigenvalue weighted by Gasteiger charge is -2.20. The van der Waals surface area contributed by atoms with E-state index in [1.54, 1.807) is 31.2 Å². The molecule has 2 heteroatoms. The van der Waals surface area contributed by atoms with Gasteiger partial charge in [0.15, 0.2) is 0 Å². The fourth-order valence-corrected chi connectivity index (χ4v) is 0.857. The highest BCUT2D eigenvalue weighted by Gasteiger charge is 2.32. The van der Waals surface area contributed by atoms with Crippen LogP contribution in [-0.4, -0.2) is 5.67 Å². The first-order chi connectivity index (χ1) is 4.69. The summed E-state index contributed by atoms with van der Waals surface area (Å²) in [6, 6.07) is 1.63. The van der Waals surface area contributed by atoms with Crippen LogP contribution in [0.15, 0.2) is 24.3 Å². The van der Waals surface area contributed by atoms with Crippen LogP contribution in [0.4, 0.5) is 4.39 Å². The van der Waals surface area contributed by atoms with Crippen LogP contribution >= 0.6 is 0 Å². The van der Waals surface area contributed by atoms with Crippen molar-refractivity contribution in [1.29, 1.82) is 5.26 Å². The molecule has 0 aromatic heterocycles. The van der Waals surface area contributed by atoms with Crippen molar-refractivity contribution in [3.8, 4) is 6.07 Å². The van der Waals surface area contributed by atoms with Gasteiger partial charge in [-0.3, -0.25) is 0 Å². The minimum absolute atomic E-state index is 0.331. The number of hydrogen-bond donors (Lipinski definition) is 0. The Balaban J connectivity index is 2.91. The van der Waals surface area contributed by atoms with Gasteiger partial charge in [-0.2, -0.15) is 5.26 Å². The molecule has 0 aromatic rings. The van der Waals surface area contributed by atoms with Gasteiger partial charge in [0.1, 0.15) is 6.07 Å². The first kappa shape index (κ1) is 7.01. The molecule has 0 heterocycles. The van der Waals surface area contributed by atoms with Crippen molar-refractivity contribution in [3.63, 3.8) is 0 Å². The predicted octanol–water partition coefficient (Wildman–Crippen LogP) is 1.98. The molecule has 0 radical (unpaired) electrons. The molecule has 1 aliphatic carbocycles. The number of nitriles is 1. The highest BCUT2D eigenvalue weighted by molar-refractivity contribution is 5.28. The molecule has 0 aromatic carbocycles. The van der Waals surface area contributed by atoms with E-state index in [2.05, 4.69) is 0 Å². The summed E-state index contributed by atoms with van der Waals surface area (Å²) in [6.07, 6.45) is 6.28. The Labute approximate surface area is 59.5 Å². The van der Waals surface area contributed by atoms with E-state index in [1.165, 1.54) is 6.08 Å². The molecule has 1 aliphatic rings. The smallest absolute Gasteiger partial charge is 0.220 e. The summed E-state index contributed by atoms with van der Waals surface area (Å²) in [7, 11) is 0. The van der Waals surface area contributed by atoms with Gasteiger partial charge in [-0.1, -0.05) is 25.2 Å². The van der Waals surface area contributed by atoms with Gasteiger partial charge in [0.05, 0.1) is 0 Å². The highest BCUT2D eigenvalue weighted by atomic mass is 19.1. The number of halogens is 1. The zero-order valence-corrected chi connectivity index (χ0v) is 5.71. The van der Waals surface area contributed by atoms with E-state index in [0.717, 1.165) is 0 Å². The standard InChI is InChI=1S/C8H8FN/c1-7-4-2-3-5-8(7,9)6-10/h2-5,7H,1H3. The van der Waals surface area contributed by atoms with Crippen LogP contribution in [0, 0.1) is 17.2 Å². The van der Waals surface area contributed by atoms with E-state index in [1.807, 2.05) is 0 Å². The molecule has 0 N–H and O–H groups in total. The summed E-state index contributed by atoms with van der Waals surface area (Å²) in [4.78, 5) is 0. The van der Waals surface area contributed by atoms with Gasteiger partial charge in [-0.25, -0.2) is 4.39 Å². The van der Waals surface area contributed by atoms with Crippen molar-refractivity contribution in [3.05, 3.63) is 24.3 Å². The molecule has 2 unspecified atom stereocenters. The van der Waals surface area contributed by atoms with E-state index in [4.69, 9.17) is 5.26 Å². The Kier molecular flexibility index (Phi) is 1.58. The number of alkyl halides is 1. The van der Waals surface area contributed by atoms with Crippen LogP contribution in [0.5, 0.6) is 0 Å².